The van der Waals surface area contributed by atoms with Crippen molar-refractivity contribution in [3.8, 4) is 0 Å². The lowest BCUT2D eigenvalue weighted by Crippen LogP contribution is -2.43. The number of alkyl halides is 3. The van der Waals surface area contributed by atoms with E-state index in [0.29, 0.717) is 92.7 Å². The van der Waals surface area contributed by atoms with Crippen LogP contribution in [0, 0.1) is 11.6 Å². The lowest BCUT2D eigenvalue weighted by molar-refractivity contribution is -0.138. The molecule has 0 amide bonds. The van der Waals surface area contributed by atoms with Crippen LogP contribution in [-0.2, 0) is 22.2 Å². The van der Waals surface area contributed by atoms with Gasteiger partial charge in [0, 0.05) is 61.6 Å². The van der Waals surface area contributed by atoms with Crippen molar-refractivity contribution in [3.05, 3.63) is 142 Å². The molecule has 2 heterocycles. The quantitative estimate of drug-likeness (QED) is 0.0455. The Morgan fingerprint density at radius 3 is 1.45 bits per heavy atom. The molecule has 3 N–H and O–H groups in total. The number of carboxylic acid groups (broad SMARTS) is 1. The molecule has 4 aromatic rings. The number of rotatable bonds is 20. The summed E-state index contributed by atoms with van der Waals surface area (Å²) in [5, 5.41) is 30.8. The van der Waals surface area contributed by atoms with Crippen molar-refractivity contribution in [2.75, 3.05) is 39.3 Å². The first-order chi connectivity index (χ1) is 31.9. The first kappa shape index (κ1) is 55.1. The van der Waals surface area contributed by atoms with Gasteiger partial charge in [-0.05, 0) is 142 Å². The first-order valence-corrected chi connectivity index (χ1v) is 23.9. The summed E-state index contributed by atoms with van der Waals surface area (Å²) in [7, 11) is 0. The van der Waals surface area contributed by atoms with Crippen LogP contribution in [0.25, 0.3) is 0 Å². The Morgan fingerprint density at radius 2 is 1.01 bits per heavy atom. The molecular formula is C53H66ClF5N2O6. The fraction of sp³-hybridized carbons (Fsp3) is 0.491. The van der Waals surface area contributed by atoms with E-state index in [-0.39, 0.29) is 23.2 Å². The lowest BCUT2D eigenvalue weighted by Gasteiger charge is -2.38. The molecule has 0 bridgehead atoms. The van der Waals surface area contributed by atoms with Crippen LogP contribution < -0.4 is 0 Å². The number of likely N-dealkylation sites (tertiary alicyclic amines) is 2. The topological polar surface area (TPSA) is 118 Å². The molecule has 2 fully saturated rings. The molecule has 0 saturated carbocycles. The number of carbonyl (C=O) groups excluding carboxylic acids is 2. The zero-order valence-corrected chi connectivity index (χ0v) is 39.3. The predicted octanol–water partition coefficient (Wildman–Crippen LogP) is 12.4. The summed E-state index contributed by atoms with van der Waals surface area (Å²) in [5.41, 5.74) is -0.602. The zero-order valence-electron chi connectivity index (χ0n) is 38.5. The number of benzene rings is 4. The molecule has 2 aliphatic rings. The molecular weight excluding hydrogens is 891 g/mol. The second kappa shape index (κ2) is 27.5. The van der Waals surface area contributed by atoms with E-state index < -0.39 is 28.9 Å². The van der Waals surface area contributed by atoms with Gasteiger partial charge in [0.15, 0.2) is 11.6 Å². The summed E-state index contributed by atoms with van der Waals surface area (Å²) in [6, 6.07) is 23.4. The van der Waals surface area contributed by atoms with Crippen LogP contribution in [0.5, 0.6) is 0 Å². The maximum Gasteiger partial charge on any atom is 0.416 e. The minimum atomic E-state index is -4.44. The summed E-state index contributed by atoms with van der Waals surface area (Å²) in [6.45, 7) is 6.35. The van der Waals surface area contributed by atoms with Gasteiger partial charge in [0.1, 0.15) is 11.6 Å². The number of aliphatic hydroxyl groups is 2. The Balaban J connectivity index is 0.000000238. The van der Waals surface area contributed by atoms with E-state index in [1.165, 1.54) is 92.8 Å². The highest BCUT2D eigenvalue weighted by molar-refractivity contribution is 6.30. The number of carbonyl (C=O) groups is 3. The van der Waals surface area contributed by atoms with Crippen LogP contribution >= 0.6 is 11.6 Å². The number of hydrogen-bond acceptors (Lipinski definition) is 7. The second-order valence-corrected chi connectivity index (χ2v) is 18.1. The molecule has 14 heteroatoms. The molecule has 8 nitrogen and oxygen atoms in total. The van der Waals surface area contributed by atoms with Gasteiger partial charge in [0.25, 0.3) is 0 Å². The third kappa shape index (κ3) is 19.2. The van der Waals surface area contributed by atoms with Gasteiger partial charge < -0.3 is 25.1 Å². The maximum atomic E-state index is 12.9. The van der Waals surface area contributed by atoms with Gasteiger partial charge in [0.2, 0.25) is 0 Å². The Morgan fingerprint density at radius 1 is 0.582 bits per heavy atom. The summed E-state index contributed by atoms with van der Waals surface area (Å²) < 4.78 is 64.6. The molecule has 2 saturated heterocycles. The average Bonchev–Trinajstić information content (AvgIpc) is 3.31. The summed E-state index contributed by atoms with van der Waals surface area (Å²) in [4.78, 5) is 38.8. The Hall–Kier alpha value is -4.53. The Labute approximate surface area is 397 Å². The summed E-state index contributed by atoms with van der Waals surface area (Å²) in [5.74, 6) is -1.39. The number of unbranched alkanes of at least 4 members (excludes halogenated alkanes) is 6. The van der Waals surface area contributed by atoms with E-state index >= 15 is 0 Å². The largest absolute Gasteiger partial charge is 0.481 e. The number of ketones is 2. The molecule has 67 heavy (non-hydrogen) atoms. The molecule has 0 unspecified atom stereocenters. The fourth-order valence-electron chi connectivity index (χ4n) is 8.34. The number of piperidine rings is 2. The number of halogens is 6. The highest BCUT2D eigenvalue weighted by Crippen LogP contribution is 2.37. The molecule has 2 aliphatic heterocycles. The first-order valence-electron chi connectivity index (χ1n) is 23.5. The van der Waals surface area contributed by atoms with Crippen LogP contribution in [0.3, 0.4) is 0 Å². The highest BCUT2D eigenvalue weighted by Gasteiger charge is 2.37. The van der Waals surface area contributed by atoms with Gasteiger partial charge in [-0.3, -0.25) is 14.4 Å². The van der Waals surface area contributed by atoms with E-state index in [2.05, 4.69) is 16.7 Å². The predicted molar refractivity (Wildman–Crippen MR) is 252 cm³/mol. The van der Waals surface area contributed by atoms with Crippen molar-refractivity contribution in [3.63, 3.8) is 0 Å². The molecule has 4 aromatic carbocycles. The molecule has 0 aliphatic carbocycles. The molecule has 0 atom stereocenters. The van der Waals surface area contributed by atoms with Crippen LogP contribution in [0.1, 0.15) is 147 Å². The summed E-state index contributed by atoms with van der Waals surface area (Å²) in [6.07, 6.45) is 8.37. The third-order valence-corrected chi connectivity index (χ3v) is 12.8. The van der Waals surface area contributed by atoms with Gasteiger partial charge in [-0.25, -0.2) is 8.78 Å². The zero-order chi connectivity index (χ0) is 48.9. The van der Waals surface area contributed by atoms with Crippen LogP contribution in [0.2, 0.25) is 5.02 Å². The monoisotopic (exact) mass is 956 g/mol. The van der Waals surface area contributed by atoms with Crippen molar-refractivity contribution < 1.29 is 51.7 Å². The lowest BCUT2D eigenvalue weighted by atomic mass is 9.83. The van der Waals surface area contributed by atoms with E-state index in [4.69, 9.17) is 16.7 Å². The van der Waals surface area contributed by atoms with Crippen LogP contribution in [0.4, 0.5) is 22.0 Å². The smallest absolute Gasteiger partial charge is 0.416 e. The average molecular weight is 958 g/mol. The van der Waals surface area contributed by atoms with Crippen molar-refractivity contribution in [1.29, 1.82) is 0 Å². The summed E-state index contributed by atoms with van der Waals surface area (Å²) >= 11 is 5.92. The van der Waals surface area contributed by atoms with Gasteiger partial charge in [-0.2, -0.15) is 13.2 Å². The van der Waals surface area contributed by atoms with Gasteiger partial charge in [-0.15, -0.1) is 0 Å². The van der Waals surface area contributed by atoms with E-state index in [1.807, 2.05) is 24.3 Å². The number of aliphatic carboxylic acids is 1. The minimum Gasteiger partial charge on any atom is -0.481 e. The fourth-order valence-corrected chi connectivity index (χ4v) is 8.46. The van der Waals surface area contributed by atoms with Crippen LogP contribution in [0.15, 0.2) is 97.1 Å². The Bertz CT molecular complexity index is 2100. The van der Waals surface area contributed by atoms with E-state index in [1.54, 1.807) is 0 Å². The second-order valence-electron chi connectivity index (χ2n) is 17.7. The molecule has 0 radical (unpaired) electrons. The standard InChI is InChI=1S/C22H23F4NO2.C21H23ClFNO2.C10H20O2/c23-19-8-6-16(7-9-19)20(28)5-2-12-27-13-10-21(29,11-14-27)17-3-1-4-18(15-17)22(24,25)26;22-18-7-5-17(6-8-18)21(26)11-14-24(15-12-21)13-1-2-20(25)16-3-9-19(23)10-4-16;1-2-3-4-5-6-7-8-9-10(11)12/h1,3-4,6-9,15,29H,2,5,10-14H2;3-10,26H,1-2,11-15H2;2-9H2,1H3,(H,11,12). The van der Waals surface area contributed by atoms with Crippen LogP contribution in [-0.4, -0.2) is 81.9 Å². The van der Waals surface area contributed by atoms with Crippen molar-refractivity contribution in [2.24, 2.45) is 0 Å². The molecule has 0 aromatic heterocycles. The number of hydrogen-bond donors (Lipinski definition) is 3. The van der Waals surface area contributed by atoms with Crippen molar-refractivity contribution >= 4 is 29.1 Å². The van der Waals surface area contributed by atoms with Gasteiger partial charge in [-0.1, -0.05) is 81.3 Å². The molecule has 0 spiro atoms. The van der Waals surface area contributed by atoms with E-state index in [9.17, 15) is 46.5 Å². The molecule has 366 valence electrons. The van der Waals surface area contributed by atoms with Crippen molar-refractivity contribution in [1.82, 2.24) is 9.80 Å². The minimum absolute atomic E-state index is 0.0414. The van der Waals surface area contributed by atoms with Crippen molar-refractivity contribution in [2.45, 2.75) is 127 Å². The maximum absolute atomic E-state index is 12.9. The van der Waals surface area contributed by atoms with Gasteiger partial charge >= 0.3 is 12.1 Å². The third-order valence-electron chi connectivity index (χ3n) is 12.6. The van der Waals surface area contributed by atoms with E-state index in [0.717, 1.165) is 56.6 Å². The SMILES string of the molecule is CCCCCCCCCC(=O)O.O=C(CCCN1CCC(O)(c2ccc(Cl)cc2)CC1)c1ccc(F)cc1.O=C(CCCN1CCC(O)(c2cccc(C(F)(F)F)c2)CC1)c1ccc(F)cc1. The number of Topliss-reactive ketones (excluding diaryl/α,β-unsaturated/α-hetero) is 2. The Kier molecular flexibility index (Phi) is 22.6. The number of nitrogens with zero attached hydrogens (tertiary/aromatic N) is 2. The van der Waals surface area contributed by atoms with Gasteiger partial charge in [0.05, 0.1) is 16.8 Å². The molecule has 6 rings (SSSR count). The number of carboxylic acids is 1. The normalized spacial score (nSPS) is 16.0. The highest BCUT2D eigenvalue weighted by atomic mass is 35.5.